The molecule has 0 aromatic heterocycles. The van der Waals surface area contributed by atoms with Crippen LogP contribution in [0.25, 0.3) is 0 Å². The maximum Gasteiger partial charge on any atom is 0.508 e. The van der Waals surface area contributed by atoms with Gasteiger partial charge in [0, 0.05) is 13.2 Å². The molecule has 2 heterocycles. The van der Waals surface area contributed by atoms with Gasteiger partial charge in [0.1, 0.15) is 25.4 Å². The fourth-order valence-electron chi connectivity index (χ4n) is 5.42. The van der Waals surface area contributed by atoms with E-state index >= 15 is 0 Å². The number of unbranched alkanes of at least 4 members (excludes halogenated alkanes) is 7. The summed E-state index contributed by atoms with van der Waals surface area (Å²) >= 11 is 0. The van der Waals surface area contributed by atoms with Crippen LogP contribution in [-0.4, -0.2) is 62.1 Å². The average Bonchev–Trinajstić information content (AvgIpc) is 3.52. The Hall–Kier alpha value is -1.54. The Balaban J connectivity index is 1.35. The van der Waals surface area contributed by atoms with Gasteiger partial charge in [-0.2, -0.15) is 0 Å². The Bertz CT molecular complexity index is 662. The van der Waals surface area contributed by atoms with Gasteiger partial charge in [-0.25, -0.2) is 9.59 Å². The van der Waals surface area contributed by atoms with E-state index in [4.69, 9.17) is 28.4 Å². The highest BCUT2D eigenvalue weighted by atomic mass is 16.8. The predicted molar refractivity (Wildman–Crippen MR) is 155 cm³/mol. The first kappa shape index (κ1) is 34.7. The van der Waals surface area contributed by atoms with E-state index in [1.54, 1.807) is 0 Å². The molecular weight excluding hydrogens is 512 g/mol. The molecule has 0 amide bonds. The summed E-state index contributed by atoms with van der Waals surface area (Å²) in [6, 6.07) is 0. The van der Waals surface area contributed by atoms with Crippen molar-refractivity contribution in [3.8, 4) is 0 Å². The van der Waals surface area contributed by atoms with Gasteiger partial charge in [-0.15, -0.1) is 0 Å². The molecule has 4 atom stereocenters. The van der Waals surface area contributed by atoms with Crippen LogP contribution in [-0.2, 0) is 28.4 Å². The van der Waals surface area contributed by atoms with Crippen LogP contribution in [0.15, 0.2) is 0 Å². The van der Waals surface area contributed by atoms with E-state index in [1.807, 2.05) is 0 Å². The van der Waals surface area contributed by atoms with Crippen LogP contribution >= 0.6 is 0 Å². The minimum Gasteiger partial charge on any atom is -0.430 e. The highest BCUT2D eigenvalue weighted by Gasteiger charge is 2.31. The van der Waals surface area contributed by atoms with Crippen molar-refractivity contribution in [3.63, 3.8) is 0 Å². The molecule has 8 heteroatoms. The van der Waals surface area contributed by atoms with Crippen LogP contribution < -0.4 is 0 Å². The Morgan fingerprint density at radius 1 is 0.625 bits per heavy atom. The number of ether oxygens (including phenoxy) is 6. The Morgan fingerprint density at radius 2 is 0.975 bits per heavy atom. The lowest BCUT2D eigenvalue weighted by molar-refractivity contribution is -0.0284. The Morgan fingerprint density at radius 3 is 1.30 bits per heavy atom. The van der Waals surface area contributed by atoms with Crippen LogP contribution in [0.3, 0.4) is 0 Å². The lowest BCUT2D eigenvalue weighted by atomic mass is 9.94. The first-order valence-corrected chi connectivity index (χ1v) is 15.9. The molecule has 0 saturated carbocycles. The lowest BCUT2D eigenvalue weighted by Gasteiger charge is -2.26. The molecule has 0 aromatic carbocycles. The zero-order valence-corrected chi connectivity index (χ0v) is 26.3. The zero-order valence-electron chi connectivity index (χ0n) is 26.3. The third kappa shape index (κ3) is 14.9. The molecule has 2 saturated heterocycles. The van der Waals surface area contributed by atoms with Crippen molar-refractivity contribution in [1.29, 1.82) is 0 Å². The van der Waals surface area contributed by atoms with Crippen LogP contribution in [0.4, 0.5) is 9.59 Å². The highest BCUT2D eigenvalue weighted by molar-refractivity contribution is 5.62. The van der Waals surface area contributed by atoms with Crippen molar-refractivity contribution < 1.29 is 38.0 Å². The summed E-state index contributed by atoms with van der Waals surface area (Å²) in [5.74, 6) is 0.629. The van der Waals surface area contributed by atoms with E-state index in [9.17, 15) is 9.59 Å². The lowest BCUT2D eigenvalue weighted by Crippen LogP contribution is -2.26. The number of hydrogen-bond donors (Lipinski definition) is 0. The molecule has 4 unspecified atom stereocenters. The molecule has 0 spiro atoms. The van der Waals surface area contributed by atoms with Gasteiger partial charge in [0.15, 0.2) is 0 Å². The van der Waals surface area contributed by atoms with Crippen LogP contribution in [0.2, 0.25) is 0 Å². The van der Waals surface area contributed by atoms with Crippen molar-refractivity contribution in [3.05, 3.63) is 0 Å². The summed E-state index contributed by atoms with van der Waals surface area (Å²) in [6.45, 7) is 15.4. The fraction of sp³-hybridized carbons (Fsp3) is 0.938. The average molecular weight is 571 g/mol. The van der Waals surface area contributed by atoms with E-state index in [-0.39, 0.29) is 23.4 Å². The van der Waals surface area contributed by atoms with E-state index in [1.165, 1.54) is 38.5 Å². The second-order valence-electron chi connectivity index (χ2n) is 13.2. The van der Waals surface area contributed by atoms with Crippen molar-refractivity contribution in [2.75, 3.05) is 26.4 Å². The van der Waals surface area contributed by atoms with Gasteiger partial charge in [0.05, 0.1) is 11.2 Å². The van der Waals surface area contributed by atoms with Crippen LogP contribution in [0, 0.1) is 11.8 Å². The van der Waals surface area contributed by atoms with Crippen molar-refractivity contribution >= 4 is 12.3 Å². The molecule has 2 rings (SSSR count). The molecule has 0 aliphatic carbocycles. The van der Waals surface area contributed by atoms with E-state index in [0.29, 0.717) is 25.0 Å². The first-order chi connectivity index (χ1) is 19.0. The summed E-state index contributed by atoms with van der Waals surface area (Å²) in [5.41, 5.74) is -0.224. The molecule has 234 valence electrons. The van der Waals surface area contributed by atoms with Crippen molar-refractivity contribution in [2.45, 2.75) is 155 Å². The Kier molecular flexibility index (Phi) is 15.7. The van der Waals surface area contributed by atoms with E-state index in [2.05, 4.69) is 41.5 Å². The summed E-state index contributed by atoms with van der Waals surface area (Å²) in [4.78, 5) is 22.2. The molecule has 8 nitrogen and oxygen atoms in total. The molecule has 0 aromatic rings. The summed E-state index contributed by atoms with van der Waals surface area (Å²) < 4.78 is 32.5. The molecule has 2 aliphatic rings. The molecule has 2 fully saturated rings. The Labute approximate surface area is 243 Å². The number of carbonyl (C=O) groups is 2. The van der Waals surface area contributed by atoms with Gasteiger partial charge >= 0.3 is 12.3 Å². The standard InChI is InChI=1S/C32H58O8/c1-25(27-23-35-29(33)39-27)17-15-19-31(3,4)37-21-13-11-9-7-8-10-12-14-22-38-32(5,6)20-16-18-26(2)28-24-36-30(34)40-28/h25-28H,7-24H2,1-6H3. The molecular formula is C32H58O8. The first-order valence-electron chi connectivity index (χ1n) is 15.9. The molecule has 0 N–H and O–H groups in total. The van der Waals surface area contributed by atoms with Gasteiger partial charge in [0.2, 0.25) is 0 Å². The smallest absolute Gasteiger partial charge is 0.430 e. The third-order valence-electron chi connectivity index (χ3n) is 8.40. The minimum atomic E-state index is -0.535. The number of carbonyl (C=O) groups excluding carboxylic acids is 2. The topological polar surface area (TPSA) is 89.5 Å². The van der Waals surface area contributed by atoms with Crippen molar-refractivity contribution in [2.24, 2.45) is 11.8 Å². The van der Waals surface area contributed by atoms with Gasteiger partial charge < -0.3 is 28.4 Å². The molecule has 40 heavy (non-hydrogen) atoms. The largest absolute Gasteiger partial charge is 0.508 e. The van der Waals surface area contributed by atoms with E-state index in [0.717, 1.165) is 64.6 Å². The number of cyclic esters (lactones) is 4. The highest BCUT2D eigenvalue weighted by Crippen LogP contribution is 2.26. The maximum atomic E-state index is 11.1. The quantitative estimate of drug-likeness (QED) is 0.0894. The molecule has 2 aliphatic heterocycles. The fourth-order valence-corrected chi connectivity index (χ4v) is 5.42. The van der Waals surface area contributed by atoms with E-state index < -0.39 is 12.3 Å². The van der Waals surface area contributed by atoms with Gasteiger partial charge in [-0.1, -0.05) is 65.2 Å². The minimum absolute atomic E-state index is 0.101. The summed E-state index contributed by atoms with van der Waals surface area (Å²) in [6.07, 6.45) is 14.7. The maximum absolute atomic E-state index is 11.1. The second-order valence-corrected chi connectivity index (χ2v) is 13.2. The summed E-state index contributed by atoms with van der Waals surface area (Å²) in [7, 11) is 0. The second kappa shape index (κ2) is 18.1. The van der Waals surface area contributed by atoms with Gasteiger partial charge in [-0.3, -0.25) is 0 Å². The number of hydrogen-bond acceptors (Lipinski definition) is 8. The SMILES string of the molecule is CC(CCCC(C)(C)OCCCCCCCCCCOC(C)(C)CCCC(C)C1COC(=O)O1)C1COC(=O)O1. The van der Waals surface area contributed by atoms with Crippen LogP contribution in [0.5, 0.6) is 0 Å². The number of rotatable bonds is 23. The molecule has 0 radical (unpaired) electrons. The molecule has 0 bridgehead atoms. The van der Waals surface area contributed by atoms with Gasteiger partial charge in [-0.05, 0) is 78.1 Å². The summed E-state index contributed by atoms with van der Waals surface area (Å²) in [5, 5.41) is 0. The van der Waals surface area contributed by atoms with Crippen LogP contribution in [0.1, 0.15) is 131 Å². The van der Waals surface area contributed by atoms with Gasteiger partial charge in [0.25, 0.3) is 0 Å². The monoisotopic (exact) mass is 570 g/mol. The normalized spacial score (nSPS) is 21.1. The predicted octanol–water partition coefficient (Wildman–Crippen LogP) is 8.38. The third-order valence-corrected chi connectivity index (χ3v) is 8.40. The zero-order chi connectivity index (χ0) is 29.4. The van der Waals surface area contributed by atoms with Crippen molar-refractivity contribution in [1.82, 2.24) is 0 Å².